The van der Waals surface area contributed by atoms with Crippen molar-refractivity contribution >= 4 is 18.4 Å². The maximum atomic E-state index is 11.6. The number of nitrogens with two attached hydrogens (primary N) is 1. The predicted molar refractivity (Wildman–Crippen MR) is 62.7 cm³/mol. The van der Waals surface area contributed by atoms with Crippen molar-refractivity contribution in [2.75, 3.05) is 12.3 Å². The Balaban J connectivity index is 2.32. The Bertz CT molecular complexity index is 466. The highest BCUT2D eigenvalue weighted by molar-refractivity contribution is 7.81. The zero-order valence-electron chi connectivity index (χ0n) is 8.80. The third-order valence-electron chi connectivity index (χ3n) is 2.64. The Morgan fingerprint density at radius 2 is 2.35 bits per heavy atom. The summed E-state index contributed by atoms with van der Waals surface area (Å²) >= 11 is 4.13. The fourth-order valence-corrected chi connectivity index (χ4v) is 2.04. The molecule has 0 aromatic carbocycles. The number of aliphatic hydroxyl groups excluding tert-OH is 2. The summed E-state index contributed by atoms with van der Waals surface area (Å²) in [5.41, 5.74) is 4.74. The van der Waals surface area contributed by atoms with E-state index in [1.807, 2.05) is 0 Å². The average Bonchev–Trinajstić information content (AvgIpc) is 2.57. The Kier molecular flexibility index (Phi) is 3.38. The van der Waals surface area contributed by atoms with Crippen molar-refractivity contribution in [2.45, 2.75) is 23.7 Å². The second kappa shape index (κ2) is 4.65. The van der Waals surface area contributed by atoms with Crippen LogP contribution < -0.4 is 11.4 Å². The minimum Gasteiger partial charge on any atom is -0.394 e. The molecular formula is C9H13N3O4S. The fourth-order valence-electron chi connectivity index (χ4n) is 1.73. The van der Waals surface area contributed by atoms with Gasteiger partial charge in [0.15, 0.2) is 6.23 Å². The molecule has 7 nitrogen and oxygen atoms in total. The first-order chi connectivity index (χ1) is 8.04. The zero-order valence-corrected chi connectivity index (χ0v) is 9.70. The molecule has 1 saturated heterocycles. The van der Waals surface area contributed by atoms with E-state index in [1.54, 1.807) is 0 Å². The molecule has 1 aliphatic heterocycles. The van der Waals surface area contributed by atoms with E-state index in [9.17, 15) is 9.90 Å². The van der Waals surface area contributed by atoms with Gasteiger partial charge in [0.25, 0.3) is 0 Å². The summed E-state index contributed by atoms with van der Waals surface area (Å²) in [5.74, 6) is 0.0971. The maximum Gasteiger partial charge on any atom is 0.351 e. The summed E-state index contributed by atoms with van der Waals surface area (Å²) in [6, 6.07) is 1.43. The van der Waals surface area contributed by atoms with Crippen molar-refractivity contribution in [3.8, 4) is 0 Å². The van der Waals surface area contributed by atoms with E-state index in [2.05, 4.69) is 17.6 Å². The molecule has 1 fully saturated rings. The van der Waals surface area contributed by atoms with Crippen LogP contribution in [0.2, 0.25) is 0 Å². The highest BCUT2D eigenvalue weighted by atomic mass is 32.1. The molecule has 0 amide bonds. The van der Waals surface area contributed by atoms with Gasteiger partial charge >= 0.3 is 5.69 Å². The lowest BCUT2D eigenvalue weighted by Gasteiger charge is -2.17. The first kappa shape index (κ1) is 12.4. The van der Waals surface area contributed by atoms with E-state index in [1.165, 1.54) is 12.3 Å². The minimum absolute atomic E-state index is 0.0971. The van der Waals surface area contributed by atoms with E-state index in [-0.39, 0.29) is 12.4 Å². The molecule has 1 aromatic heterocycles. The smallest absolute Gasteiger partial charge is 0.351 e. The van der Waals surface area contributed by atoms with Crippen LogP contribution >= 0.6 is 12.6 Å². The van der Waals surface area contributed by atoms with Gasteiger partial charge in [0.1, 0.15) is 11.9 Å². The van der Waals surface area contributed by atoms with E-state index < -0.39 is 29.4 Å². The molecule has 1 aliphatic rings. The zero-order chi connectivity index (χ0) is 12.6. The number of aliphatic hydroxyl groups is 2. The van der Waals surface area contributed by atoms with Gasteiger partial charge in [0.05, 0.1) is 18.0 Å². The van der Waals surface area contributed by atoms with E-state index in [0.29, 0.717) is 0 Å². The lowest BCUT2D eigenvalue weighted by molar-refractivity contribution is -0.0529. The van der Waals surface area contributed by atoms with Crippen LogP contribution in [0.25, 0.3) is 0 Å². The Labute approximate surface area is 102 Å². The molecule has 2 heterocycles. The van der Waals surface area contributed by atoms with E-state index in [4.69, 9.17) is 15.6 Å². The molecular weight excluding hydrogens is 246 g/mol. The number of nitrogens with zero attached hydrogens (tertiary/aromatic N) is 2. The number of nitrogen functional groups attached to an aromatic ring is 1. The van der Waals surface area contributed by atoms with Crippen molar-refractivity contribution in [3.05, 3.63) is 22.7 Å². The SMILES string of the molecule is Nc1ccn([C@@H]2O[C@H](CO)[C@@H](S)[C@H]2O)c(=O)n1. The first-order valence-electron chi connectivity index (χ1n) is 5.01. The summed E-state index contributed by atoms with van der Waals surface area (Å²) in [4.78, 5) is 15.1. The Morgan fingerprint density at radius 3 is 2.88 bits per heavy atom. The highest BCUT2D eigenvalue weighted by Crippen LogP contribution is 2.31. The summed E-state index contributed by atoms with van der Waals surface area (Å²) in [7, 11) is 0. The van der Waals surface area contributed by atoms with Crippen molar-refractivity contribution in [1.82, 2.24) is 9.55 Å². The van der Waals surface area contributed by atoms with Gasteiger partial charge in [-0.25, -0.2) is 4.79 Å². The molecule has 0 bridgehead atoms. The molecule has 4 atom stereocenters. The van der Waals surface area contributed by atoms with Gasteiger partial charge in [0, 0.05) is 6.20 Å². The van der Waals surface area contributed by atoms with Gasteiger partial charge < -0.3 is 20.7 Å². The van der Waals surface area contributed by atoms with Crippen LogP contribution in [-0.2, 0) is 4.74 Å². The first-order valence-corrected chi connectivity index (χ1v) is 5.53. The fraction of sp³-hybridized carbons (Fsp3) is 0.556. The lowest BCUT2D eigenvalue weighted by Crippen LogP contribution is -2.34. The number of hydrogen-bond donors (Lipinski definition) is 4. The second-order valence-corrected chi connectivity index (χ2v) is 4.37. The minimum atomic E-state index is -1.00. The summed E-state index contributed by atoms with van der Waals surface area (Å²) in [6.07, 6.45) is -1.14. The van der Waals surface area contributed by atoms with Gasteiger partial charge in [-0.15, -0.1) is 0 Å². The number of anilines is 1. The molecule has 94 valence electrons. The normalized spacial score (nSPS) is 32.9. The number of rotatable bonds is 2. The van der Waals surface area contributed by atoms with Gasteiger partial charge in [-0.1, -0.05) is 0 Å². The molecule has 8 heteroatoms. The number of hydrogen-bond acceptors (Lipinski definition) is 7. The number of aromatic nitrogens is 2. The molecule has 0 aliphatic carbocycles. The molecule has 2 rings (SSSR count). The monoisotopic (exact) mass is 259 g/mol. The summed E-state index contributed by atoms with van der Waals surface area (Å²) in [5, 5.41) is 18.3. The van der Waals surface area contributed by atoms with Crippen molar-refractivity contribution < 1.29 is 14.9 Å². The second-order valence-electron chi connectivity index (χ2n) is 3.77. The standard InChI is InChI=1S/C9H13N3O4S/c10-5-1-2-12(9(15)11-5)8-6(14)7(17)4(3-13)16-8/h1-2,4,6-8,13-14,17H,3H2,(H2,10,11,15)/t4-,6-,7-,8-/m1/s1. The van der Waals surface area contributed by atoms with Gasteiger partial charge in [-0.05, 0) is 6.07 Å². The average molecular weight is 259 g/mol. The summed E-state index contributed by atoms with van der Waals surface area (Å²) in [6.45, 7) is -0.279. The molecule has 1 aromatic rings. The van der Waals surface area contributed by atoms with E-state index >= 15 is 0 Å². The van der Waals surface area contributed by atoms with Crippen molar-refractivity contribution in [1.29, 1.82) is 0 Å². The predicted octanol–water partition coefficient (Wildman–Crippen LogP) is -1.63. The number of ether oxygens (including phenoxy) is 1. The Morgan fingerprint density at radius 1 is 1.65 bits per heavy atom. The van der Waals surface area contributed by atoms with Crippen LogP contribution in [0.3, 0.4) is 0 Å². The molecule has 17 heavy (non-hydrogen) atoms. The van der Waals surface area contributed by atoms with Gasteiger partial charge in [-0.2, -0.15) is 17.6 Å². The van der Waals surface area contributed by atoms with Gasteiger partial charge in [-0.3, -0.25) is 4.57 Å². The molecule has 0 spiro atoms. The van der Waals surface area contributed by atoms with Gasteiger partial charge in [0.2, 0.25) is 0 Å². The van der Waals surface area contributed by atoms with Crippen LogP contribution in [0.5, 0.6) is 0 Å². The van der Waals surface area contributed by atoms with E-state index in [0.717, 1.165) is 4.57 Å². The highest BCUT2D eigenvalue weighted by Gasteiger charge is 2.42. The molecule has 0 radical (unpaired) electrons. The van der Waals surface area contributed by atoms with Crippen LogP contribution in [0.4, 0.5) is 5.82 Å². The largest absolute Gasteiger partial charge is 0.394 e. The van der Waals surface area contributed by atoms with Crippen LogP contribution in [0.15, 0.2) is 17.1 Å². The van der Waals surface area contributed by atoms with Crippen LogP contribution in [-0.4, -0.2) is 43.8 Å². The molecule has 4 N–H and O–H groups in total. The third kappa shape index (κ3) is 2.16. The topological polar surface area (TPSA) is 111 Å². The van der Waals surface area contributed by atoms with Crippen LogP contribution in [0, 0.1) is 0 Å². The third-order valence-corrected chi connectivity index (χ3v) is 3.28. The number of thiol groups is 1. The molecule has 0 unspecified atom stereocenters. The summed E-state index contributed by atoms with van der Waals surface area (Å²) < 4.78 is 6.47. The lowest BCUT2D eigenvalue weighted by atomic mass is 10.2. The molecule has 0 saturated carbocycles. The quantitative estimate of drug-likeness (QED) is 0.475. The van der Waals surface area contributed by atoms with Crippen molar-refractivity contribution in [3.63, 3.8) is 0 Å². The Hall–Kier alpha value is -1.09. The maximum absolute atomic E-state index is 11.6. The van der Waals surface area contributed by atoms with Crippen LogP contribution in [0.1, 0.15) is 6.23 Å². The van der Waals surface area contributed by atoms with Crippen molar-refractivity contribution in [2.24, 2.45) is 0 Å².